The minimum atomic E-state index is -0.141. The highest BCUT2D eigenvalue weighted by Gasteiger charge is 2.26. The Hall–Kier alpha value is -3.73. The number of para-hydroxylation sites is 1. The molecule has 0 saturated heterocycles. The molecule has 0 radical (unpaired) electrons. The van der Waals surface area contributed by atoms with Crippen molar-refractivity contribution in [3.63, 3.8) is 0 Å². The van der Waals surface area contributed by atoms with E-state index in [0.717, 1.165) is 33.8 Å². The summed E-state index contributed by atoms with van der Waals surface area (Å²) in [5.74, 6) is -0.00883. The van der Waals surface area contributed by atoms with Gasteiger partial charge in [-0.3, -0.25) is 4.79 Å². The maximum atomic E-state index is 13.4. The molecule has 1 amide bonds. The number of benzene rings is 2. The molecule has 0 aliphatic rings. The van der Waals surface area contributed by atoms with Gasteiger partial charge in [0, 0.05) is 34.9 Å². The lowest BCUT2D eigenvalue weighted by Crippen LogP contribution is -2.14. The Balaban J connectivity index is 1.93. The molecule has 2 N–H and O–H groups in total. The highest BCUT2D eigenvalue weighted by Crippen LogP contribution is 2.39. The molecule has 0 unspecified atom stereocenters. The van der Waals surface area contributed by atoms with Crippen molar-refractivity contribution in [2.75, 3.05) is 5.32 Å². The molecule has 0 atom stereocenters. The molecule has 4 aromatic rings. The number of aromatic nitrogens is 3. The summed E-state index contributed by atoms with van der Waals surface area (Å²) in [5, 5.41) is 3.04. The highest BCUT2D eigenvalue weighted by atomic mass is 16.1. The van der Waals surface area contributed by atoms with Crippen LogP contribution >= 0.6 is 0 Å². The molecule has 0 aliphatic carbocycles. The molecule has 5 nitrogen and oxygen atoms in total. The van der Waals surface area contributed by atoms with Crippen molar-refractivity contribution in [3.8, 4) is 22.4 Å². The van der Waals surface area contributed by atoms with E-state index in [1.54, 1.807) is 12.4 Å². The van der Waals surface area contributed by atoms with E-state index in [9.17, 15) is 4.79 Å². The van der Waals surface area contributed by atoms with E-state index >= 15 is 0 Å². The maximum Gasteiger partial charge on any atom is 0.258 e. The lowest BCUT2D eigenvalue weighted by molar-refractivity contribution is 0.102. The van der Waals surface area contributed by atoms with Gasteiger partial charge in [0.1, 0.15) is 6.33 Å². The fourth-order valence-electron chi connectivity index (χ4n) is 3.44. The molecule has 2 aromatic heterocycles. The van der Waals surface area contributed by atoms with Crippen LogP contribution in [0.3, 0.4) is 0 Å². The van der Waals surface area contributed by atoms with Gasteiger partial charge in [-0.1, -0.05) is 62.4 Å². The third-order valence-electron chi connectivity index (χ3n) is 4.78. The van der Waals surface area contributed by atoms with Gasteiger partial charge in [-0.25, -0.2) is 9.97 Å². The fraction of sp³-hybridized carbons (Fsp3) is 0.125. The van der Waals surface area contributed by atoms with Crippen LogP contribution in [0.15, 0.2) is 79.4 Å². The van der Waals surface area contributed by atoms with Crippen molar-refractivity contribution in [2.45, 2.75) is 19.8 Å². The van der Waals surface area contributed by atoms with Gasteiger partial charge < -0.3 is 10.3 Å². The summed E-state index contributed by atoms with van der Waals surface area (Å²) in [5.41, 5.74) is 5.80. The molecule has 2 heterocycles. The number of hydrogen-bond acceptors (Lipinski definition) is 3. The molecule has 0 aliphatic heterocycles. The Morgan fingerprint density at radius 1 is 0.897 bits per heavy atom. The Morgan fingerprint density at radius 2 is 1.52 bits per heavy atom. The monoisotopic (exact) mass is 382 g/mol. The summed E-state index contributed by atoms with van der Waals surface area (Å²) in [7, 11) is 0. The zero-order chi connectivity index (χ0) is 20.2. The molecular formula is C24H22N4O. The van der Waals surface area contributed by atoms with Crippen LogP contribution in [-0.4, -0.2) is 20.9 Å². The van der Waals surface area contributed by atoms with Crippen LogP contribution in [0.2, 0.25) is 0 Å². The van der Waals surface area contributed by atoms with E-state index in [4.69, 9.17) is 0 Å². The number of H-pyrrole nitrogens is 1. The second kappa shape index (κ2) is 8.10. The lowest BCUT2D eigenvalue weighted by atomic mass is 9.95. The SMILES string of the molecule is CC(C)c1[nH]c(-c2cncnc2)c(-c2ccccc2)c1C(=O)Nc1ccccc1. The van der Waals surface area contributed by atoms with Crippen LogP contribution in [0.5, 0.6) is 0 Å². The quantitative estimate of drug-likeness (QED) is 0.478. The van der Waals surface area contributed by atoms with Crippen LogP contribution < -0.4 is 5.32 Å². The zero-order valence-corrected chi connectivity index (χ0v) is 16.4. The first kappa shape index (κ1) is 18.6. The molecule has 0 fully saturated rings. The van der Waals surface area contributed by atoms with Crippen LogP contribution in [0.4, 0.5) is 5.69 Å². The lowest BCUT2D eigenvalue weighted by Gasteiger charge is -2.11. The standard InChI is InChI=1S/C24H22N4O/c1-16(2)22-21(24(29)27-19-11-7-4-8-12-19)20(17-9-5-3-6-10-17)23(28-22)18-13-25-15-26-14-18/h3-16,28H,1-2H3,(H,27,29). The molecule has 29 heavy (non-hydrogen) atoms. The third-order valence-corrected chi connectivity index (χ3v) is 4.78. The average molecular weight is 382 g/mol. The molecule has 0 bridgehead atoms. The number of rotatable bonds is 5. The van der Waals surface area contributed by atoms with Crippen molar-refractivity contribution in [1.82, 2.24) is 15.0 Å². The predicted octanol–water partition coefficient (Wildman–Crippen LogP) is 5.51. The smallest absolute Gasteiger partial charge is 0.258 e. The largest absolute Gasteiger partial charge is 0.357 e. The Bertz CT molecular complexity index is 1100. The molecule has 0 saturated carbocycles. The van der Waals surface area contributed by atoms with Crippen LogP contribution in [-0.2, 0) is 0 Å². The summed E-state index contributed by atoms with van der Waals surface area (Å²) >= 11 is 0. The van der Waals surface area contributed by atoms with Crippen molar-refractivity contribution >= 4 is 11.6 Å². The molecule has 4 rings (SSSR count). The van der Waals surface area contributed by atoms with E-state index in [1.165, 1.54) is 6.33 Å². The molecule has 0 spiro atoms. The van der Waals surface area contributed by atoms with Gasteiger partial charge in [0.05, 0.1) is 11.3 Å². The van der Waals surface area contributed by atoms with Crippen molar-refractivity contribution in [2.24, 2.45) is 0 Å². The zero-order valence-electron chi connectivity index (χ0n) is 16.4. The summed E-state index contributed by atoms with van der Waals surface area (Å²) in [4.78, 5) is 25.2. The number of anilines is 1. The fourth-order valence-corrected chi connectivity index (χ4v) is 3.44. The van der Waals surface area contributed by atoms with E-state index in [-0.39, 0.29) is 11.8 Å². The minimum absolute atomic E-state index is 0.132. The summed E-state index contributed by atoms with van der Waals surface area (Å²) in [6.07, 6.45) is 5.02. The second-order valence-electron chi connectivity index (χ2n) is 7.13. The number of nitrogens with one attached hydrogen (secondary N) is 2. The van der Waals surface area contributed by atoms with Crippen molar-refractivity contribution < 1.29 is 4.79 Å². The first-order valence-electron chi connectivity index (χ1n) is 9.58. The number of amides is 1. The summed E-state index contributed by atoms with van der Waals surface area (Å²) in [6.45, 7) is 4.15. The van der Waals surface area contributed by atoms with E-state index in [0.29, 0.717) is 5.56 Å². The van der Waals surface area contributed by atoms with Crippen LogP contribution in [0.25, 0.3) is 22.4 Å². The number of nitrogens with zero attached hydrogens (tertiary/aromatic N) is 2. The van der Waals surface area contributed by atoms with Gasteiger partial charge in [0.15, 0.2) is 0 Å². The van der Waals surface area contributed by atoms with Gasteiger partial charge in [0.25, 0.3) is 5.91 Å². The van der Waals surface area contributed by atoms with E-state index < -0.39 is 0 Å². The van der Waals surface area contributed by atoms with Gasteiger partial charge in [-0.15, -0.1) is 0 Å². The topological polar surface area (TPSA) is 70.7 Å². The highest BCUT2D eigenvalue weighted by molar-refractivity contribution is 6.12. The molecular weight excluding hydrogens is 360 g/mol. The van der Waals surface area contributed by atoms with E-state index in [2.05, 4.69) is 34.1 Å². The first-order chi connectivity index (χ1) is 14.1. The van der Waals surface area contributed by atoms with Gasteiger partial charge in [-0.2, -0.15) is 0 Å². The van der Waals surface area contributed by atoms with Crippen LogP contribution in [0, 0.1) is 0 Å². The first-order valence-corrected chi connectivity index (χ1v) is 9.58. The third kappa shape index (κ3) is 3.80. The summed E-state index contributed by atoms with van der Waals surface area (Å²) < 4.78 is 0. The molecule has 144 valence electrons. The molecule has 5 heteroatoms. The van der Waals surface area contributed by atoms with Gasteiger partial charge in [-0.05, 0) is 23.6 Å². The Kier molecular flexibility index (Phi) is 5.20. The average Bonchev–Trinajstić information content (AvgIpc) is 3.17. The van der Waals surface area contributed by atoms with E-state index in [1.807, 2.05) is 60.7 Å². The second-order valence-corrected chi connectivity index (χ2v) is 7.13. The van der Waals surface area contributed by atoms with Gasteiger partial charge >= 0.3 is 0 Å². The van der Waals surface area contributed by atoms with Gasteiger partial charge in [0.2, 0.25) is 0 Å². The normalized spacial score (nSPS) is 10.9. The minimum Gasteiger partial charge on any atom is -0.357 e. The predicted molar refractivity (Wildman–Crippen MR) is 116 cm³/mol. The van der Waals surface area contributed by atoms with Crippen molar-refractivity contribution in [1.29, 1.82) is 0 Å². The Labute approximate surface area is 169 Å². The number of carbonyl (C=O) groups excluding carboxylic acids is 1. The summed E-state index contributed by atoms with van der Waals surface area (Å²) in [6, 6.07) is 19.4. The molecule has 2 aromatic carbocycles. The maximum absolute atomic E-state index is 13.4. The Morgan fingerprint density at radius 3 is 2.14 bits per heavy atom. The number of hydrogen-bond donors (Lipinski definition) is 2. The van der Waals surface area contributed by atoms with Crippen molar-refractivity contribution in [3.05, 3.63) is 90.6 Å². The number of carbonyl (C=O) groups is 1. The number of aromatic amines is 1. The van der Waals surface area contributed by atoms with Crippen LogP contribution in [0.1, 0.15) is 35.8 Å².